The Hall–Kier alpha value is -2.26. The predicted octanol–water partition coefficient (Wildman–Crippen LogP) is 3.57. The fraction of sp³-hybridized carbons (Fsp3) is 0.550. The second kappa shape index (κ2) is 8.23. The number of hydrogen-bond acceptors (Lipinski definition) is 6. The second-order valence-electron chi connectivity index (χ2n) is 8.45. The summed E-state index contributed by atoms with van der Waals surface area (Å²) in [4.78, 5) is 12.6. The fourth-order valence-corrected chi connectivity index (χ4v) is 4.75. The lowest BCUT2D eigenvalue weighted by molar-refractivity contribution is 0.102. The van der Waals surface area contributed by atoms with Gasteiger partial charge in [-0.05, 0) is 37.1 Å². The average Bonchev–Trinajstić information content (AvgIpc) is 3.17. The summed E-state index contributed by atoms with van der Waals surface area (Å²) in [5.41, 5.74) is -0.0177. The molecule has 0 atom stereocenters. The molecule has 1 fully saturated rings. The largest absolute Gasteiger partial charge is 0.407 e. The molecule has 29 heavy (non-hydrogen) atoms. The quantitative estimate of drug-likeness (QED) is 0.793. The first-order valence-electron chi connectivity index (χ1n) is 9.82. The van der Waals surface area contributed by atoms with Crippen LogP contribution in [0.25, 0.3) is 0 Å². The third-order valence-electron chi connectivity index (χ3n) is 5.17. The molecule has 2 aromatic rings. The summed E-state index contributed by atoms with van der Waals surface area (Å²) in [6, 6.07) is 5.92. The lowest BCUT2D eigenvalue weighted by Crippen LogP contribution is -2.38. The van der Waals surface area contributed by atoms with Gasteiger partial charge >= 0.3 is 6.01 Å². The van der Waals surface area contributed by atoms with Crippen LogP contribution in [0.5, 0.6) is 0 Å². The van der Waals surface area contributed by atoms with E-state index in [9.17, 15) is 13.2 Å². The van der Waals surface area contributed by atoms with Gasteiger partial charge in [-0.15, -0.1) is 5.10 Å². The number of sulfonamides is 1. The second-order valence-corrected chi connectivity index (χ2v) is 10.5. The number of anilines is 1. The lowest BCUT2D eigenvalue weighted by atomic mass is 9.96. The Labute approximate surface area is 171 Å². The molecule has 1 saturated carbocycles. The van der Waals surface area contributed by atoms with Gasteiger partial charge in [-0.1, -0.05) is 45.1 Å². The third-order valence-corrected chi connectivity index (χ3v) is 7.09. The van der Waals surface area contributed by atoms with E-state index in [1.807, 2.05) is 20.8 Å². The number of nitrogens with one attached hydrogen (secondary N) is 1. The van der Waals surface area contributed by atoms with E-state index in [2.05, 4.69) is 15.5 Å². The van der Waals surface area contributed by atoms with Crippen LogP contribution >= 0.6 is 0 Å². The summed E-state index contributed by atoms with van der Waals surface area (Å²) in [7, 11) is -1.96. The van der Waals surface area contributed by atoms with Crippen molar-refractivity contribution in [2.24, 2.45) is 0 Å². The van der Waals surface area contributed by atoms with E-state index in [1.165, 1.54) is 28.6 Å². The Kier molecular flexibility index (Phi) is 6.09. The molecule has 1 amide bonds. The number of amides is 1. The number of carbonyl (C=O) groups excluding carboxylic acids is 1. The summed E-state index contributed by atoms with van der Waals surface area (Å²) in [5, 5.41) is 10.3. The van der Waals surface area contributed by atoms with Gasteiger partial charge in [0.25, 0.3) is 5.91 Å². The number of carbonyl (C=O) groups is 1. The van der Waals surface area contributed by atoms with E-state index in [0.29, 0.717) is 11.5 Å². The zero-order chi connectivity index (χ0) is 21.2. The molecule has 3 rings (SSSR count). The first kappa shape index (κ1) is 21.4. The molecule has 1 heterocycles. The number of benzene rings is 1. The van der Waals surface area contributed by atoms with E-state index < -0.39 is 15.9 Å². The highest BCUT2D eigenvalue weighted by Crippen LogP contribution is 2.27. The first-order valence-corrected chi connectivity index (χ1v) is 11.3. The van der Waals surface area contributed by atoms with Crippen LogP contribution in [0.15, 0.2) is 33.6 Å². The Balaban J connectivity index is 1.70. The average molecular weight is 421 g/mol. The Bertz CT molecular complexity index is 955. The minimum Gasteiger partial charge on any atom is -0.407 e. The molecule has 0 bridgehead atoms. The molecule has 1 aromatic carbocycles. The van der Waals surface area contributed by atoms with Gasteiger partial charge in [-0.3, -0.25) is 10.1 Å². The number of nitrogens with zero attached hydrogens (tertiary/aromatic N) is 3. The molecule has 8 nitrogen and oxygen atoms in total. The van der Waals surface area contributed by atoms with Gasteiger partial charge in [-0.25, -0.2) is 8.42 Å². The van der Waals surface area contributed by atoms with Gasteiger partial charge in [-0.2, -0.15) is 4.31 Å². The van der Waals surface area contributed by atoms with Crippen molar-refractivity contribution in [3.63, 3.8) is 0 Å². The standard InChI is InChI=1S/C20H28N4O4S/c1-20(2,3)18-22-23-19(28-18)21-17(25)14-10-12-16(13-11-14)29(26,27)24(4)15-8-6-5-7-9-15/h10-13,15H,5-9H2,1-4H3,(H,21,23,25). The van der Waals surface area contributed by atoms with Crippen LogP contribution in [0.3, 0.4) is 0 Å². The van der Waals surface area contributed by atoms with Crippen LogP contribution in [-0.4, -0.2) is 41.9 Å². The van der Waals surface area contributed by atoms with Gasteiger partial charge < -0.3 is 4.42 Å². The highest BCUT2D eigenvalue weighted by Gasteiger charge is 2.29. The topological polar surface area (TPSA) is 105 Å². The molecule has 1 N–H and O–H groups in total. The summed E-state index contributed by atoms with van der Waals surface area (Å²) in [6.07, 6.45) is 5.03. The summed E-state index contributed by atoms with van der Waals surface area (Å²) in [5.74, 6) is -0.0290. The van der Waals surface area contributed by atoms with Gasteiger partial charge in [0.15, 0.2) is 0 Å². The maximum Gasteiger partial charge on any atom is 0.322 e. The van der Waals surface area contributed by atoms with Crippen molar-refractivity contribution in [1.29, 1.82) is 0 Å². The Morgan fingerprint density at radius 1 is 1.10 bits per heavy atom. The first-order chi connectivity index (χ1) is 13.6. The highest BCUT2D eigenvalue weighted by molar-refractivity contribution is 7.89. The SMILES string of the molecule is CN(C1CCCCC1)S(=O)(=O)c1ccc(C(=O)Nc2nnc(C(C)(C)C)o2)cc1. The van der Waals surface area contributed by atoms with E-state index in [0.717, 1.165) is 32.1 Å². The van der Waals surface area contributed by atoms with Gasteiger partial charge in [0, 0.05) is 24.1 Å². The normalized spacial score (nSPS) is 16.2. The van der Waals surface area contributed by atoms with Crippen molar-refractivity contribution in [3.8, 4) is 0 Å². The Morgan fingerprint density at radius 2 is 1.72 bits per heavy atom. The van der Waals surface area contributed by atoms with E-state index in [1.54, 1.807) is 7.05 Å². The van der Waals surface area contributed by atoms with Crippen LogP contribution < -0.4 is 5.32 Å². The molecular weight excluding hydrogens is 392 g/mol. The van der Waals surface area contributed by atoms with Crippen LogP contribution in [0.1, 0.15) is 69.1 Å². The summed E-state index contributed by atoms with van der Waals surface area (Å²) < 4.78 is 32.7. The highest BCUT2D eigenvalue weighted by atomic mass is 32.2. The fourth-order valence-electron chi connectivity index (χ4n) is 3.33. The van der Waals surface area contributed by atoms with Crippen molar-refractivity contribution in [2.75, 3.05) is 12.4 Å². The number of rotatable bonds is 5. The summed E-state index contributed by atoms with van der Waals surface area (Å²) in [6.45, 7) is 5.78. The molecule has 1 aliphatic carbocycles. The third kappa shape index (κ3) is 4.84. The van der Waals surface area contributed by atoms with Crippen molar-refractivity contribution in [2.45, 2.75) is 69.2 Å². The van der Waals surface area contributed by atoms with Crippen molar-refractivity contribution in [1.82, 2.24) is 14.5 Å². The maximum absolute atomic E-state index is 12.9. The molecule has 0 aliphatic heterocycles. The molecule has 1 aromatic heterocycles. The number of hydrogen-bond donors (Lipinski definition) is 1. The van der Waals surface area contributed by atoms with Crippen LogP contribution in [0.4, 0.5) is 6.01 Å². The van der Waals surface area contributed by atoms with Gasteiger partial charge in [0.1, 0.15) is 0 Å². The van der Waals surface area contributed by atoms with Gasteiger partial charge in [0.05, 0.1) is 4.90 Å². The molecule has 0 radical (unpaired) electrons. The molecule has 0 spiro atoms. The molecule has 158 valence electrons. The minimum atomic E-state index is -3.59. The van der Waals surface area contributed by atoms with E-state index in [4.69, 9.17) is 4.42 Å². The molecule has 0 saturated heterocycles. The molecule has 9 heteroatoms. The maximum atomic E-state index is 12.9. The Morgan fingerprint density at radius 3 is 2.28 bits per heavy atom. The zero-order valence-corrected chi connectivity index (χ0v) is 18.1. The minimum absolute atomic E-state index is 0.00801. The van der Waals surface area contributed by atoms with Crippen LogP contribution in [0, 0.1) is 0 Å². The summed E-state index contributed by atoms with van der Waals surface area (Å²) >= 11 is 0. The lowest BCUT2D eigenvalue weighted by Gasteiger charge is -2.30. The van der Waals surface area contributed by atoms with Crippen LogP contribution in [0.2, 0.25) is 0 Å². The smallest absolute Gasteiger partial charge is 0.322 e. The molecule has 0 unspecified atom stereocenters. The monoisotopic (exact) mass is 420 g/mol. The van der Waals surface area contributed by atoms with Crippen molar-refractivity contribution >= 4 is 21.9 Å². The van der Waals surface area contributed by atoms with E-state index >= 15 is 0 Å². The molecular formula is C20H28N4O4S. The zero-order valence-electron chi connectivity index (χ0n) is 17.3. The van der Waals surface area contributed by atoms with Gasteiger partial charge in [0.2, 0.25) is 15.9 Å². The van der Waals surface area contributed by atoms with E-state index in [-0.39, 0.29) is 22.4 Å². The number of aromatic nitrogens is 2. The molecule has 1 aliphatic rings. The van der Waals surface area contributed by atoms with Crippen LogP contribution in [-0.2, 0) is 15.4 Å². The van der Waals surface area contributed by atoms with Crippen molar-refractivity contribution < 1.29 is 17.6 Å². The van der Waals surface area contributed by atoms with Crippen molar-refractivity contribution in [3.05, 3.63) is 35.7 Å². The predicted molar refractivity (Wildman–Crippen MR) is 109 cm³/mol.